The van der Waals surface area contributed by atoms with Crippen LogP contribution in [0.2, 0.25) is 0 Å². The second-order valence-electron chi connectivity index (χ2n) is 6.48. The van der Waals surface area contributed by atoms with Crippen molar-refractivity contribution in [3.8, 4) is 5.75 Å². The van der Waals surface area contributed by atoms with E-state index in [2.05, 4.69) is 25.5 Å². The van der Waals surface area contributed by atoms with Crippen LogP contribution in [0.25, 0.3) is 0 Å². The average molecular weight is 351 g/mol. The van der Waals surface area contributed by atoms with Crippen molar-refractivity contribution in [1.29, 1.82) is 0 Å². The molecular formula is C18H22FNO3S. The Bertz CT molecular complexity index is 781. The zero-order valence-corrected chi connectivity index (χ0v) is 14.9. The molecule has 2 aromatic rings. The number of rotatable bonds is 6. The van der Waals surface area contributed by atoms with Gasteiger partial charge in [0.1, 0.15) is 18.2 Å². The van der Waals surface area contributed by atoms with E-state index in [0.29, 0.717) is 5.75 Å². The van der Waals surface area contributed by atoms with Gasteiger partial charge in [0.15, 0.2) is 0 Å². The van der Waals surface area contributed by atoms with Gasteiger partial charge in [-0.3, -0.25) is 0 Å². The quantitative estimate of drug-likeness (QED) is 0.811. The molecule has 0 atom stereocenters. The summed E-state index contributed by atoms with van der Waals surface area (Å²) in [5, 5.41) is 0. The first-order valence-corrected chi connectivity index (χ1v) is 9.15. The van der Waals surface area contributed by atoms with Crippen molar-refractivity contribution >= 4 is 10.0 Å². The van der Waals surface area contributed by atoms with Gasteiger partial charge in [0, 0.05) is 12.6 Å². The summed E-state index contributed by atoms with van der Waals surface area (Å²) in [5.74, 6) is -0.0317. The molecule has 4 nitrogen and oxygen atoms in total. The standard InChI is InChI=1S/C18H22FNO3S/c1-18(2,3)14-7-9-17(10-8-14)24(21,22)20-11-12-23-16-6-4-5-15(19)13-16/h4-10,13,20H,11-12H2,1-3H3. The van der Waals surface area contributed by atoms with Gasteiger partial charge in [-0.25, -0.2) is 17.5 Å². The van der Waals surface area contributed by atoms with Crippen LogP contribution in [0.4, 0.5) is 4.39 Å². The molecule has 130 valence electrons. The van der Waals surface area contributed by atoms with Crippen molar-refractivity contribution in [3.63, 3.8) is 0 Å². The summed E-state index contributed by atoms with van der Waals surface area (Å²) >= 11 is 0. The molecule has 0 heterocycles. The Morgan fingerprint density at radius 2 is 1.75 bits per heavy atom. The number of benzene rings is 2. The Hall–Kier alpha value is -1.92. The number of sulfonamides is 1. The summed E-state index contributed by atoms with van der Waals surface area (Å²) in [7, 11) is -3.59. The fourth-order valence-electron chi connectivity index (χ4n) is 2.12. The SMILES string of the molecule is CC(C)(C)c1ccc(S(=O)(=O)NCCOc2cccc(F)c2)cc1. The Balaban J connectivity index is 1.91. The molecule has 0 radical (unpaired) electrons. The van der Waals surface area contributed by atoms with Crippen molar-refractivity contribution in [2.45, 2.75) is 31.1 Å². The van der Waals surface area contributed by atoms with Crippen LogP contribution in [0.5, 0.6) is 5.75 Å². The van der Waals surface area contributed by atoms with E-state index in [1.54, 1.807) is 18.2 Å². The molecule has 0 saturated carbocycles. The van der Waals surface area contributed by atoms with Crippen LogP contribution in [0.3, 0.4) is 0 Å². The molecule has 0 amide bonds. The second-order valence-corrected chi connectivity index (χ2v) is 8.24. The fraction of sp³-hybridized carbons (Fsp3) is 0.333. The van der Waals surface area contributed by atoms with E-state index in [4.69, 9.17) is 4.74 Å². The van der Waals surface area contributed by atoms with Crippen LogP contribution in [0.1, 0.15) is 26.3 Å². The van der Waals surface area contributed by atoms with Gasteiger partial charge < -0.3 is 4.74 Å². The van der Waals surface area contributed by atoms with Crippen molar-refractivity contribution in [2.24, 2.45) is 0 Å². The molecule has 0 aromatic heterocycles. The molecule has 1 N–H and O–H groups in total. The third-order valence-electron chi connectivity index (χ3n) is 3.49. The van der Waals surface area contributed by atoms with E-state index in [-0.39, 0.29) is 23.5 Å². The van der Waals surface area contributed by atoms with Gasteiger partial charge in [0.2, 0.25) is 10.0 Å². The summed E-state index contributed by atoms with van der Waals surface area (Å²) in [6, 6.07) is 12.5. The van der Waals surface area contributed by atoms with Gasteiger partial charge in [0.05, 0.1) is 4.90 Å². The Morgan fingerprint density at radius 3 is 2.33 bits per heavy atom. The highest BCUT2D eigenvalue weighted by Gasteiger charge is 2.17. The molecule has 6 heteroatoms. The molecule has 0 saturated heterocycles. The second kappa shape index (κ2) is 7.32. The molecular weight excluding hydrogens is 329 g/mol. The van der Waals surface area contributed by atoms with Crippen LogP contribution in [-0.2, 0) is 15.4 Å². The maximum Gasteiger partial charge on any atom is 0.240 e. The van der Waals surface area contributed by atoms with Crippen LogP contribution in [0, 0.1) is 5.82 Å². The predicted octanol–water partition coefficient (Wildman–Crippen LogP) is 3.48. The number of hydrogen-bond donors (Lipinski definition) is 1. The summed E-state index contributed by atoms with van der Waals surface area (Å²) in [4.78, 5) is 0.209. The topological polar surface area (TPSA) is 55.4 Å². The highest BCUT2D eigenvalue weighted by molar-refractivity contribution is 7.89. The van der Waals surface area contributed by atoms with Crippen molar-refractivity contribution < 1.29 is 17.5 Å². The van der Waals surface area contributed by atoms with Gasteiger partial charge in [-0.2, -0.15) is 0 Å². The molecule has 0 aliphatic carbocycles. The maximum absolute atomic E-state index is 13.0. The minimum Gasteiger partial charge on any atom is -0.492 e. The zero-order chi connectivity index (χ0) is 17.8. The van der Waals surface area contributed by atoms with E-state index in [9.17, 15) is 12.8 Å². The molecule has 0 fully saturated rings. The summed E-state index contributed by atoms with van der Waals surface area (Å²) in [5.41, 5.74) is 1.03. The van der Waals surface area contributed by atoms with E-state index < -0.39 is 15.8 Å². The molecule has 2 aromatic carbocycles. The Kier molecular flexibility index (Phi) is 5.62. The number of ether oxygens (including phenoxy) is 1. The average Bonchev–Trinajstić information content (AvgIpc) is 2.51. The van der Waals surface area contributed by atoms with E-state index in [1.807, 2.05) is 12.1 Å². The lowest BCUT2D eigenvalue weighted by Crippen LogP contribution is -2.28. The molecule has 0 spiro atoms. The number of halogens is 1. The molecule has 0 aliphatic heterocycles. The van der Waals surface area contributed by atoms with Crippen molar-refractivity contribution in [1.82, 2.24) is 4.72 Å². The van der Waals surface area contributed by atoms with E-state index in [1.165, 1.54) is 18.2 Å². The molecule has 2 rings (SSSR count). The van der Waals surface area contributed by atoms with Gasteiger partial charge in [-0.1, -0.05) is 39.0 Å². The first-order chi connectivity index (χ1) is 11.2. The van der Waals surface area contributed by atoms with Crippen molar-refractivity contribution in [3.05, 3.63) is 59.9 Å². The predicted molar refractivity (Wildman–Crippen MR) is 92.2 cm³/mol. The minimum atomic E-state index is -3.59. The van der Waals surface area contributed by atoms with Crippen LogP contribution >= 0.6 is 0 Å². The lowest BCUT2D eigenvalue weighted by Gasteiger charge is -2.19. The van der Waals surface area contributed by atoms with Crippen LogP contribution in [0.15, 0.2) is 53.4 Å². The normalized spacial score (nSPS) is 12.2. The Labute approximate surface area is 142 Å². The minimum absolute atomic E-state index is 0.0332. The molecule has 0 unspecified atom stereocenters. The number of nitrogens with one attached hydrogen (secondary N) is 1. The third kappa shape index (κ3) is 5.04. The van der Waals surface area contributed by atoms with Gasteiger partial charge in [-0.05, 0) is 35.2 Å². The summed E-state index contributed by atoms with van der Waals surface area (Å²) in [6.45, 7) is 6.41. The lowest BCUT2D eigenvalue weighted by molar-refractivity contribution is 0.321. The van der Waals surface area contributed by atoms with Gasteiger partial charge in [0.25, 0.3) is 0 Å². The van der Waals surface area contributed by atoms with Gasteiger partial charge in [-0.15, -0.1) is 0 Å². The number of hydrogen-bond acceptors (Lipinski definition) is 3. The van der Waals surface area contributed by atoms with Crippen molar-refractivity contribution in [2.75, 3.05) is 13.2 Å². The van der Waals surface area contributed by atoms with Crippen LogP contribution < -0.4 is 9.46 Å². The maximum atomic E-state index is 13.0. The zero-order valence-electron chi connectivity index (χ0n) is 14.0. The highest BCUT2D eigenvalue weighted by atomic mass is 32.2. The lowest BCUT2D eigenvalue weighted by atomic mass is 9.87. The smallest absolute Gasteiger partial charge is 0.240 e. The highest BCUT2D eigenvalue weighted by Crippen LogP contribution is 2.23. The van der Waals surface area contributed by atoms with Gasteiger partial charge >= 0.3 is 0 Å². The van der Waals surface area contributed by atoms with E-state index >= 15 is 0 Å². The first kappa shape index (κ1) is 18.4. The molecule has 24 heavy (non-hydrogen) atoms. The fourth-order valence-corrected chi connectivity index (χ4v) is 3.13. The largest absolute Gasteiger partial charge is 0.492 e. The van der Waals surface area contributed by atoms with Crippen LogP contribution in [-0.4, -0.2) is 21.6 Å². The molecule has 0 aliphatic rings. The third-order valence-corrected chi connectivity index (χ3v) is 4.97. The Morgan fingerprint density at radius 1 is 1.08 bits per heavy atom. The molecule has 0 bridgehead atoms. The monoisotopic (exact) mass is 351 g/mol. The first-order valence-electron chi connectivity index (χ1n) is 7.67. The van der Waals surface area contributed by atoms with E-state index in [0.717, 1.165) is 5.56 Å². The summed E-state index contributed by atoms with van der Waals surface area (Å²) in [6.07, 6.45) is 0. The summed E-state index contributed by atoms with van der Waals surface area (Å²) < 4.78 is 45.3.